The largest absolute Gasteiger partial charge is 2.00 e. The maximum absolute atomic E-state index is 0. The molecular weight excluding hydrogens is 437 g/mol. The van der Waals surface area contributed by atoms with Gasteiger partial charge in [-0.2, -0.15) is 0 Å². The summed E-state index contributed by atoms with van der Waals surface area (Å²) in [4.78, 5) is 0. The molecule has 0 saturated carbocycles. The Morgan fingerprint density at radius 3 is 0.312 bits per heavy atom. The van der Waals surface area contributed by atoms with E-state index in [0.717, 1.165) is 0 Å². The van der Waals surface area contributed by atoms with Gasteiger partial charge >= 0.3 is 275 Å². The summed E-state index contributed by atoms with van der Waals surface area (Å²) in [5.74, 6) is 0. The van der Waals surface area contributed by atoms with Gasteiger partial charge in [0.15, 0.2) is 0 Å². The number of hydrogen-bond donors (Lipinski definition) is 0. The quantitative estimate of drug-likeness (QED) is 0.330. The summed E-state index contributed by atoms with van der Waals surface area (Å²) in [7, 11) is 0. The average Bonchev–Trinajstić information content (AvgIpc) is 0. The van der Waals surface area contributed by atoms with Gasteiger partial charge < -0.3 is 38.3 Å². The zero-order chi connectivity index (χ0) is 0. The van der Waals surface area contributed by atoms with Crippen molar-refractivity contribution >= 4 is 69.2 Å². The monoisotopic (exact) mass is 444 g/mol. The minimum absolute atomic E-state index is 0. The third-order valence-corrected chi connectivity index (χ3v) is 0. The van der Waals surface area contributed by atoms with Crippen molar-refractivity contribution in [3.05, 3.63) is 0 Å². The first kappa shape index (κ1) is 163. The Morgan fingerprint density at radius 1 is 0.312 bits per heavy atom. The van der Waals surface area contributed by atoms with Gasteiger partial charge in [0, 0.05) is 43.4 Å². The Hall–Kier alpha value is 9.99. The molecule has 16 heavy (non-hydrogen) atoms. The van der Waals surface area contributed by atoms with E-state index in [2.05, 4.69) is 0 Å². The Kier molecular flexibility index (Phi) is 1460. The van der Waals surface area contributed by atoms with Crippen LogP contribution in [-0.2, 0) is 43.4 Å². The van der Waals surface area contributed by atoms with Gasteiger partial charge in [-0.1, -0.05) is 0 Å². The van der Waals surface area contributed by atoms with E-state index in [1.165, 1.54) is 0 Å². The van der Waals surface area contributed by atoms with Crippen LogP contribution >= 0.6 is 0 Å². The van der Waals surface area contributed by atoms with Gasteiger partial charge in [-0.25, -0.2) is 0 Å². The normalized spacial score (nSPS) is 0. The van der Waals surface area contributed by atoms with Crippen LogP contribution in [0.1, 0.15) is 0 Å². The molecule has 0 aromatic rings. The molecule has 0 saturated heterocycles. The Balaban J connectivity index is 0. The first-order valence-electron chi connectivity index (χ1n) is 0. The maximum Gasteiger partial charge on any atom is 2.00 e. The van der Waals surface area contributed by atoms with Crippen molar-refractivity contribution in [2.24, 2.45) is 0 Å². The first-order valence-corrected chi connectivity index (χ1v) is 0. The predicted molar refractivity (Wildman–Crippen MR) is 32.5 cm³/mol. The van der Waals surface area contributed by atoms with Crippen molar-refractivity contribution in [3.8, 4) is 0 Å². The summed E-state index contributed by atoms with van der Waals surface area (Å²) in [6.07, 6.45) is 0. The molecule has 8 N–H and O–H groups in total. The van der Waals surface area contributed by atoms with Crippen LogP contribution in [-0.4, -0.2) is 107 Å². The predicted octanol–water partition coefficient (Wildman–Crippen LogP) is -15.0. The molecule has 64 valence electrons. The van der Waals surface area contributed by atoms with Crippen LogP contribution in [0.15, 0.2) is 0 Å². The fraction of sp³-hybridized carbons (Fsp3) is 0. The van der Waals surface area contributed by atoms with Gasteiger partial charge in [0.05, 0.1) is 0 Å². The Morgan fingerprint density at radius 2 is 0.312 bits per heavy atom. The first-order chi connectivity index (χ1) is 0. The third-order valence-electron chi connectivity index (χ3n) is 0. The zero-order valence-corrected chi connectivity index (χ0v) is 30.2. The summed E-state index contributed by atoms with van der Waals surface area (Å²) in [5, 5.41) is 0. The second kappa shape index (κ2) is 144. The molecule has 7 nitrogen and oxygen atoms in total. The van der Waals surface area contributed by atoms with Crippen molar-refractivity contribution in [2.75, 3.05) is 0 Å². The molecule has 0 rings (SSSR count). The summed E-state index contributed by atoms with van der Waals surface area (Å²) < 4.78 is 0. The van der Waals surface area contributed by atoms with E-state index in [4.69, 9.17) is 0 Å². The molecule has 0 aliphatic carbocycles. The van der Waals surface area contributed by atoms with Crippen LogP contribution in [0.5, 0.6) is 0 Å². The fourth-order valence-corrected chi connectivity index (χ4v) is 0. The van der Waals surface area contributed by atoms with Gasteiger partial charge in [-0.3, -0.25) is 0 Å². The minimum Gasteiger partial charge on any atom is -0.870 e. The molecule has 0 aromatic carbocycles. The van der Waals surface area contributed by atoms with Gasteiger partial charge in [0.2, 0.25) is 0 Å². The summed E-state index contributed by atoms with van der Waals surface area (Å²) in [6.45, 7) is 0. The molecule has 0 radical (unpaired) electrons. The van der Waals surface area contributed by atoms with Crippen molar-refractivity contribution < 1.29 is 287 Å². The molecule has 0 unspecified atom stereocenters. The number of hydrogen-bond acceptors (Lipinski definition) is 6. The molecule has 0 aromatic heterocycles. The molecule has 0 heterocycles. The van der Waals surface area contributed by atoms with Gasteiger partial charge in [-0.15, -0.1) is 0 Å². The van der Waals surface area contributed by atoms with E-state index in [1.54, 1.807) is 0 Å². The zero-order valence-electron chi connectivity index (χ0n) is 10.3. The van der Waals surface area contributed by atoms with E-state index in [-0.39, 0.29) is 356 Å². The van der Waals surface area contributed by atoms with E-state index in [0.29, 0.717) is 0 Å². The molecule has 0 bridgehead atoms. The molecule has 16 heteroatoms. The van der Waals surface area contributed by atoms with Crippen LogP contribution in [0.3, 0.4) is 0 Å². The van der Waals surface area contributed by atoms with Crippen LogP contribution in [0.2, 0.25) is 0 Å². The van der Waals surface area contributed by atoms with Gasteiger partial charge in [0.1, 0.15) is 0 Å². The van der Waals surface area contributed by atoms with Crippen LogP contribution in [0.4, 0.5) is 0 Å². The molecule has 0 aliphatic rings. The smallest absolute Gasteiger partial charge is 0.870 e. The van der Waals surface area contributed by atoms with Crippen molar-refractivity contribution in [3.63, 3.8) is 0 Å². The molecule has 0 aliphatic heterocycles. The topological polar surface area (TPSA) is 212 Å². The molecule has 0 fully saturated rings. The van der Waals surface area contributed by atoms with E-state index >= 15 is 0 Å². The van der Waals surface area contributed by atoms with Crippen LogP contribution < -0.4 is 206 Å². The van der Waals surface area contributed by atoms with E-state index in [9.17, 15) is 0 Å². The fourth-order valence-electron chi connectivity index (χ4n) is 0. The number of rotatable bonds is 0. The second-order valence-corrected chi connectivity index (χ2v) is 0. The van der Waals surface area contributed by atoms with Gasteiger partial charge in [-0.05, 0) is 0 Å². The standard InChI is InChI=1S/4K.3Mg.7H2O.2Ti/h;;;;;;;7*1H2;;/q4*+1;3*+2;;;;;;;;;/p-6. The Bertz CT molecular complexity index is 29.6. The van der Waals surface area contributed by atoms with Crippen LogP contribution in [0, 0.1) is 0 Å². The Labute approximate surface area is 344 Å². The molecule has 0 atom stereocenters. The second-order valence-electron chi connectivity index (χ2n) is 0. The maximum atomic E-state index is 0. The van der Waals surface area contributed by atoms with Crippen molar-refractivity contribution in [1.29, 1.82) is 0 Å². The van der Waals surface area contributed by atoms with Crippen molar-refractivity contribution in [2.45, 2.75) is 0 Å². The SMILES string of the molecule is O.[K+].[K+].[K+].[K+].[Mg+2].[Mg+2].[Mg+2].[OH-].[OH-].[OH-].[OH-].[OH-].[OH-].[Ti].[Ti]. The average molecular weight is 445 g/mol. The molecule has 0 amide bonds. The third kappa shape index (κ3) is 127. The van der Waals surface area contributed by atoms with Crippen molar-refractivity contribution in [1.82, 2.24) is 0 Å². The summed E-state index contributed by atoms with van der Waals surface area (Å²) in [6, 6.07) is 0. The summed E-state index contributed by atoms with van der Waals surface area (Å²) >= 11 is 0. The molecule has 0 spiro atoms. The minimum atomic E-state index is 0. The molecular formula is H8K4Mg3O7Ti2+4. The van der Waals surface area contributed by atoms with E-state index in [1.807, 2.05) is 0 Å². The van der Waals surface area contributed by atoms with Gasteiger partial charge in [0.25, 0.3) is 0 Å². The van der Waals surface area contributed by atoms with E-state index < -0.39 is 0 Å². The van der Waals surface area contributed by atoms with Crippen LogP contribution in [0.25, 0.3) is 0 Å². The summed E-state index contributed by atoms with van der Waals surface area (Å²) in [5.41, 5.74) is 0.